The van der Waals surface area contributed by atoms with E-state index in [0.29, 0.717) is 28.2 Å². The number of hydrogen-bond acceptors (Lipinski definition) is 6. The van der Waals surface area contributed by atoms with Gasteiger partial charge < -0.3 is 10.4 Å². The molecule has 1 unspecified atom stereocenters. The Morgan fingerprint density at radius 2 is 1.91 bits per heavy atom. The number of aryl methyl sites for hydroxylation is 1. The summed E-state index contributed by atoms with van der Waals surface area (Å²) in [7, 11) is 0. The Hall–Kier alpha value is -2.87. The molecule has 1 aliphatic carbocycles. The Kier molecular flexibility index (Phi) is 6.79. The minimum absolute atomic E-state index is 0.0250. The SMILES string of the molecule is CC1CCCC2(CCNCC2)C1.Cc1ncc(-c2ccc(-c3cn[nH]c3F)cc2O)nn1. The molecule has 8 heteroatoms. The fraction of sp³-hybridized carbons (Fsp3) is 0.500. The first-order chi connectivity index (χ1) is 15.5. The second-order valence-electron chi connectivity index (χ2n) is 9.17. The Morgan fingerprint density at radius 1 is 1.09 bits per heavy atom. The molecule has 1 aliphatic heterocycles. The van der Waals surface area contributed by atoms with E-state index in [0.717, 1.165) is 11.3 Å². The van der Waals surface area contributed by atoms with Crippen LogP contribution in [0.1, 0.15) is 51.3 Å². The average Bonchev–Trinajstić information content (AvgIpc) is 3.21. The van der Waals surface area contributed by atoms with Gasteiger partial charge in [-0.1, -0.05) is 25.8 Å². The number of H-pyrrole nitrogens is 1. The maximum absolute atomic E-state index is 13.4. The summed E-state index contributed by atoms with van der Waals surface area (Å²) in [4.78, 5) is 4.02. The summed E-state index contributed by atoms with van der Waals surface area (Å²) >= 11 is 0. The van der Waals surface area contributed by atoms with Gasteiger partial charge in [0, 0.05) is 5.56 Å². The number of benzene rings is 1. The lowest BCUT2D eigenvalue weighted by atomic mass is 9.65. The number of phenolic OH excluding ortho intramolecular Hbond substituents is 1. The second kappa shape index (κ2) is 9.73. The number of halogens is 1. The van der Waals surface area contributed by atoms with Crippen LogP contribution in [0.5, 0.6) is 5.75 Å². The molecule has 3 N–H and O–H groups in total. The Balaban J connectivity index is 0.000000174. The van der Waals surface area contributed by atoms with Crippen molar-refractivity contribution in [3.63, 3.8) is 0 Å². The maximum Gasteiger partial charge on any atom is 0.216 e. The largest absolute Gasteiger partial charge is 0.507 e. The molecule has 7 nitrogen and oxygen atoms in total. The molecule has 5 rings (SSSR count). The molecule has 0 amide bonds. The minimum atomic E-state index is -0.547. The smallest absolute Gasteiger partial charge is 0.216 e. The summed E-state index contributed by atoms with van der Waals surface area (Å²) in [6, 6.07) is 4.76. The van der Waals surface area contributed by atoms with Gasteiger partial charge in [-0.2, -0.15) is 9.49 Å². The zero-order chi connectivity index (χ0) is 22.6. The van der Waals surface area contributed by atoms with Crippen LogP contribution in [0.2, 0.25) is 0 Å². The van der Waals surface area contributed by atoms with Crippen molar-refractivity contribution in [1.29, 1.82) is 0 Å². The highest BCUT2D eigenvalue weighted by Gasteiger charge is 2.35. The number of nitrogens with one attached hydrogen (secondary N) is 2. The van der Waals surface area contributed by atoms with E-state index in [1.54, 1.807) is 19.1 Å². The average molecular weight is 439 g/mol. The molecule has 2 aromatic heterocycles. The third kappa shape index (κ3) is 5.12. The summed E-state index contributed by atoms with van der Waals surface area (Å²) < 4.78 is 13.4. The van der Waals surface area contributed by atoms with Gasteiger partial charge in [0.15, 0.2) is 0 Å². The molecular weight excluding hydrogens is 407 g/mol. The molecule has 32 heavy (non-hydrogen) atoms. The van der Waals surface area contributed by atoms with Gasteiger partial charge in [-0.05, 0) is 74.7 Å². The molecule has 1 aromatic carbocycles. The molecule has 0 bridgehead atoms. The van der Waals surface area contributed by atoms with E-state index in [1.165, 1.54) is 70.1 Å². The summed E-state index contributed by atoms with van der Waals surface area (Å²) in [5.41, 5.74) is 2.51. The summed E-state index contributed by atoms with van der Waals surface area (Å²) in [6.45, 7) is 6.70. The quantitative estimate of drug-likeness (QED) is 0.539. The maximum atomic E-state index is 13.4. The summed E-state index contributed by atoms with van der Waals surface area (Å²) in [5, 5.41) is 27.1. The van der Waals surface area contributed by atoms with Gasteiger partial charge in [-0.25, -0.2) is 4.98 Å². The zero-order valence-electron chi connectivity index (χ0n) is 18.7. The van der Waals surface area contributed by atoms with Crippen molar-refractivity contribution in [2.24, 2.45) is 11.3 Å². The van der Waals surface area contributed by atoms with Crippen LogP contribution < -0.4 is 5.32 Å². The van der Waals surface area contributed by atoms with Crippen LogP contribution in [0.4, 0.5) is 4.39 Å². The van der Waals surface area contributed by atoms with E-state index >= 15 is 0 Å². The van der Waals surface area contributed by atoms with Crippen LogP contribution in [-0.2, 0) is 0 Å². The van der Waals surface area contributed by atoms with E-state index in [-0.39, 0.29) is 5.75 Å². The number of piperidine rings is 1. The van der Waals surface area contributed by atoms with Gasteiger partial charge in [0.1, 0.15) is 17.3 Å². The van der Waals surface area contributed by atoms with Crippen molar-refractivity contribution >= 4 is 0 Å². The van der Waals surface area contributed by atoms with Gasteiger partial charge in [0.2, 0.25) is 5.95 Å². The number of nitrogens with zero attached hydrogens (tertiary/aromatic N) is 4. The van der Waals surface area contributed by atoms with Crippen LogP contribution in [0.3, 0.4) is 0 Å². The predicted octanol–water partition coefficient (Wildman–Crippen LogP) is 4.65. The lowest BCUT2D eigenvalue weighted by Crippen LogP contribution is -2.39. The number of aromatic hydroxyl groups is 1. The first-order valence-corrected chi connectivity index (χ1v) is 11.4. The van der Waals surface area contributed by atoms with Crippen molar-refractivity contribution in [2.45, 2.75) is 52.4 Å². The van der Waals surface area contributed by atoms with E-state index in [2.05, 4.69) is 37.6 Å². The molecule has 2 aliphatic rings. The van der Waals surface area contributed by atoms with Crippen LogP contribution in [0.15, 0.2) is 30.6 Å². The van der Waals surface area contributed by atoms with Gasteiger partial charge in [-0.3, -0.25) is 5.10 Å². The number of rotatable bonds is 2. The molecule has 3 heterocycles. The van der Waals surface area contributed by atoms with Crippen molar-refractivity contribution in [1.82, 2.24) is 30.7 Å². The molecule has 2 fully saturated rings. The highest BCUT2D eigenvalue weighted by atomic mass is 19.1. The first-order valence-electron chi connectivity index (χ1n) is 11.4. The molecule has 1 atom stereocenters. The van der Waals surface area contributed by atoms with Gasteiger partial charge in [0.25, 0.3) is 0 Å². The van der Waals surface area contributed by atoms with E-state index in [9.17, 15) is 9.50 Å². The van der Waals surface area contributed by atoms with Crippen molar-refractivity contribution in [2.75, 3.05) is 13.1 Å². The highest BCUT2D eigenvalue weighted by Crippen LogP contribution is 2.45. The number of aromatic amines is 1. The predicted molar refractivity (Wildman–Crippen MR) is 121 cm³/mol. The Bertz CT molecular complexity index is 1020. The standard InChI is InChI=1S/C13H10FN5O.C11H21N/c1-7-15-6-11(18-17-7)9-3-2-8(4-12(9)20)10-5-16-19-13(10)14;1-10-3-2-4-11(9-10)5-7-12-8-6-11/h2-6,20H,1H3,(H,16,19);10,12H,2-9H2,1H3. The summed E-state index contributed by atoms with van der Waals surface area (Å²) in [5.74, 6) is 0.971. The second-order valence-corrected chi connectivity index (χ2v) is 9.17. The van der Waals surface area contributed by atoms with E-state index in [4.69, 9.17) is 0 Å². The monoisotopic (exact) mass is 438 g/mol. The van der Waals surface area contributed by atoms with Crippen molar-refractivity contribution in [3.8, 4) is 28.1 Å². The Labute approximate surface area is 187 Å². The van der Waals surface area contributed by atoms with E-state index < -0.39 is 5.95 Å². The highest BCUT2D eigenvalue weighted by molar-refractivity contribution is 5.73. The molecule has 3 aromatic rings. The fourth-order valence-electron chi connectivity index (χ4n) is 5.02. The number of aromatic nitrogens is 5. The third-order valence-electron chi connectivity index (χ3n) is 6.70. The molecule has 1 saturated heterocycles. The van der Waals surface area contributed by atoms with Gasteiger partial charge >= 0.3 is 0 Å². The molecule has 1 spiro atoms. The lowest BCUT2D eigenvalue weighted by molar-refractivity contribution is 0.102. The third-order valence-corrected chi connectivity index (χ3v) is 6.70. The minimum Gasteiger partial charge on any atom is -0.507 e. The van der Waals surface area contributed by atoms with Gasteiger partial charge in [-0.15, -0.1) is 10.2 Å². The van der Waals surface area contributed by atoms with Crippen LogP contribution in [-0.4, -0.2) is 43.6 Å². The van der Waals surface area contributed by atoms with Crippen molar-refractivity contribution in [3.05, 3.63) is 42.4 Å². The fourth-order valence-corrected chi connectivity index (χ4v) is 5.02. The molecule has 170 valence electrons. The van der Waals surface area contributed by atoms with Crippen LogP contribution in [0.25, 0.3) is 22.4 Å². The topological polar surface area (TPSA) is 99.6 Å². The summed E-state index contributed by atoms with van der Waals surface area (Å²) in [6.07, 6.45) is 11.8. The molecular formula is C24H31FN6O. The Morgan fingerprint density at radius 3 is 2.53 bits per heavy atom. The van der Waals surface area contributed by atoms with Crippen molar-refractivity contribution < 1.29 is 9.50 Å². The van der Waals surface area contributed by atoms with Crippen LogP contribution in [0, 0.1) is 24.2 Å². The molecule has 1 saturated carbocycles. The van der Waals surface area contributed by atoms with E-state index in [1.807, 2.05) is 0 Å². The first kappa shape index (κ1) is 22.3. The number of hydrogen-bond donors (Lipinski definition) is 3. The number of phenols is 1. The molecule has 0 radical (unpaired) electrons. The normalized spacial score (nSPS) is 19.9. The van der Waals surface area contributed by atoms with Crippen LogP contribution >= 0.6 is 0 Å². The zero-order valence-corrected chi connectivity index (χ0v) is 18.7. The lowest BCUT2D eigenvalue weighted by Gasteiger charge is -2.43. The van der Waals surface area contributed by atoms with Gasteiger partial charge in [0.05, 0.1) is 18.0 Å².